The number of hydrogen-bond donors (Lipinski definition) is 0. The van der Waals surface area contributed by atoms with Gasteiger partial charge < -0.3 is 4.84 Å². The lowest BCUT2D eigenvalue weighted by Gasteiger charge is -2.21. The van der Waals surface area contributed by atoms with E-state index in [1.807, 2.05) is 6.07 Å². The van der Waals surface area contributed by atoms with Gasteiger partial charge in [0, 0.05) is 11.1 Å². The summed E-state index contributed by atoms with van der Waals surface area (Å²) in [5.74, 6) is 0.502. The molecule has 0 N–H and O–H groups in total. The van der Waals surface area contributed by atoms with E-state index < -0.39 is 0 Å². The average molecular weight is 343 g/mol. The Hall–Kier alpha value is -3.01. The summed E-state index contributed by atoms with van der Waals surface area (Å²) < 4.78 is 0. The lowest BCUT2D eigenvalue weighted by Crippen LogP contribution is -2.21. The van der Waals surface area contributed by atoms with Crippen LogP contribution in [0.5, 0.6) is 0 Å². The number of hydrogen-bond acceptors (Lipinski definition) is 4. The van der Waals surface area contributed by atoms with Gasteiger partial charge in [0.25, 0.3) is 0 Å². The zero-order valence-electron chi connectivity index (χ0n) is 15.0. The molecule has 4 nitrogen and oxygen atoms in total. The van der Waals surface area contributed by atoms with Gasteiger partial charge in [0.1, 0.15) is 7.11 Å². The Morgan fingerprint density at radius 3 is 2.31 bits per heavy atom. The third-order valence-corrected chi connectivity index (χ3v) is 4.75. The predicted octanol–water partition coefficient (Wildman–Crippen LogP) is 4.74. The van der Waals surface area contributed by atoms with E-state index in [-0.39, 0.29) is 0 Å². The van der Waals surface area contributed by atoms with E-state index in [9.17, 15) is 0 Å². The highest BCUT2D eigenvalue weighted by Gasteiger charge is 2.24. The smallest absolute Gasteiger partial charge is 0.106 e. The molecule has 4 heteroatoms. The van der Waals surface area contributed by atoms with Crippen molar-refractivity contribution in [3.63, 3.8) is 0 Å². The van der Waals surface area contributed by atoms with E-state index >= 15 is 0 Å². The number of oxime groups is 1. The van der Waals surface area contributed by atoms with Crippen molar-refractivity contribution in [1.82, 2.24) is 10.2 Å². The Labute approximate surface area is 153 Å². The van der Waals surface area contributed by atoms with Crippen molar-refractivity contribution in [2.75, 3.05) is 7.11 Å². The molecule has 1 atom stereocenters. The van der Waals surface area contributed by atoms with Crippen LogP contribution in [0, 0.1) is 5.92 Å². The van der Waals surface area contributed by atoms with Crippen LogP contribution < -0.4 is 0 Å². The van der Waals surface area contributed by atoms with Crippen molar-refractivity contribution in [3.05, 3.63) is 71.9 Å². The largest absolute Gasteiger partial charge is 0.399 e. The maximum absolute atomic E-state index is 5.04. The highest BCUT2D eigenvalue weighted by Crippen LogP contribution is 2.28. The SMILES string of the molecule is CO/N=C1/C[C@@H](C)Cc2nnc(-c3ccc(-c4ccccc4)cc3)cc21. The second kappa shape index (κ2) is 7.08. The summed E-state index contributed by atoms with van der Waals surface area (Å²) in [5.41, 5.74) is 7.33. The molecule has 0 saturated carbocycles. The van der Waals surface area contributed by atoms with Crippen LogP contribution in [0.15, 0.2) is 65.8 Å². The maximum atomic E-state index is 5.04. The van der Waals surface area contributed by atoms with Gasteiger partial charge in [-0.1, -0.05) is 66.7 Å². The van der Waals surface area contributed by atoms with Crippen molar-refractivity contribution in [2.45, 2.75) is 19.8 Å². The number of rotatable bonds is 3. The Balaban J connectivity index is 1.69. The quantitative estimate of drug-likeness (QED) is 0.645. The number of aromatic nitrogens is 2. The summed E-state index contributed by atoms with van der Waals surface area (Å²) in [6.45, 7) is 2.20. The van der Waals surface area contributed by atoms with Crippen LogP contribution >= 0.6 is 0 Å². The molecule has 0 spiro atoms. The Bertz CT molecular complexity index is 933. The Morgan fingerprint density at radius 1 is 0.885 bits per heavy atom. The molecule has 26 heavy (non-hydrogen) atoms. The molecule has 0 radical (unpaired) electrons. The summed E-state index contributed by atoms with van der Waals surface area (Å²) in [4.78, 5) is 5.04. The minimum atomic E-state index is 0.502. The highest BCUT2D eigenvalue weighted by atomic mass is 16.6. The molecular weight excluding hydrogens is 322 g/mol. The molecule has 0 amide bonds. The number of benzene rings is 2. The van der Waals surface area contributed by atoms with Crippen LogP contribution in [-0.2, 0) is 11.3 Å². The van der Waals surface area contributed by atoms with Crippen LogP contribution in [0.2, 0.25) is 0 Å². The molecule has 0 aliphatic heterocycles. The molecule has 3 aromatic rings. The molecule has 0 unspecified atom stereocenters. The first-order chi connectivity index (χ1) is 12.7. The van der Waals surface area contributed by atoms with Gasteiger partial charge in [-0.15, -0.1) is 0 Å². The average Bonchev–Trinajstić information content (AvgIpc) is 2.69. The summed E-state index contributed by atoms with van der Waals surface area (Å²) >= 11 is 0. The van der Waals surface area contributed by atoms with Crippen LogP contribution in [0.4, 0.5) is 0 Å². The van der Waals surface area contributed by atoms with E-state index in [0.717, 1.165) is 41.1 Å². The first kappa shape index (κ1) is 16.5. The van der Waals surface area contributed by atoms with Crippen LogP contribution in [0.1, 0.15) is 24.6 Å². The van der Waals surface area contributed by atoms with Gasteiger partial charge in [0.2, 0.25) is 0 Å². The van der Waals surface area contributed by atoms with Gasteiger partial charge in [-0.2, -0.15) is 10.2 Å². The second-order valence-corrected chi connectivity index (χ2v) is 6.77. The number of fused-ring (bicyclic) bond motifs is 1. The van der Waals surface area contributed by atoms with Gasteiger partial charge >= 0.3 is 0 Å². The molecule has 1 aromatic heterocycles. The van der Waals surface area contributed by atoms with Crippen molar-refractivity contribution < 1.29 is 4.84 Å². The number of nitrogens with zero attached hydrogens (tertiary/aromatic N) is 3. The molecule has 1 aliphatic rings. The summed E-state index contributed by atoms with van der Waals surface area (Å²) in [7, 11) is 1.59. The zero-order valence-corrected chi connectivity index (χ0v) is 15.0. The highest BCUT2D eigenvalue weighted by molar-refractivity contribution is 6.02. The second-order valence-electron chi connectivity index (χ2n) is 6.77. The summed E-state index contributed by atoms with van der Waals surface area (Å²) in [6, 6.07) is 20.9. The van der Waals surface area contributed by atoms with E-state index in [0.29, 0.717) is 5.92 Å². The first-order valence-electron chi connectivity index (χ1n) is 8.87. The molecule has 1 aliphatic carbocycles. The first-order valence-corrected chi connectivity index (χ1v) is 8.87. The third-order valence-electron chi connectivity index (χ3n) is 4.75. The van der Waals surface area contributed by atoms with E-state index in [4.69, 9.17) is 4.84 Å². The summed E-state index contributed by atoms with van der Waals surface area (Å²) in [6.07, 6.45) is 1.83. The zero-order chi connectivity index (χ0) is 17.9. The van der Waals surface area contributed by atoms with Crippen molar-refractivity contribution in [2.24, 2.45) is 11.1 Å². The van der Waals surface area contributed by atoms with Crippen molar-refractivity contribution in [1.29, 1.82) is 0 Å². The maximum Gasteiger partial charge on any atom is 0.106 e. The van der Waals surface area contributed by atoms with Crippen LogP contribution in [0.25, 0.3) is 22.4 Å². The van der Waals surface area contributed by atoms with Crippen LogP contribution in [0.3, 0.4) is 0 Å². The fourth-order valence-corrected chi connectivity index (χ4v) is 3.46. The van der Waals surface area contributed by atoms with Gasteiger partial charge in [-0.3, -0.25) is 0 Å². The minimum Gasteiger partial charge on any atom is -0.399 e. The van der Waals surface area contributed by atoms with Gasteiger partial charge in [0.15, 0.2) is 0 Å². The summed E-state index contributed by atoms with van der Waals surface area (Å²) in [5, 5.41) is 13.1. The molecule has 0 bridgehead atoms. The fraction of sp³-hybridized carbons (Fsp3) is 0.227. The predicted molar refractivity (Wildman–Crippen MR) is 104 cm³/mol. The van der Waals surface area contributed by atoms with E-state index in [1.165, 1.54) is 11.1 Å². The Kier molecular flexibility index (Phi) is 4.48. The lowest BCUT2D eigenvalue weighted by molar-refractivity contribution is 0.212. The fourth-order valence-electron chi connectivity index (χ4n) is 3.46. The molecule has 1 heterocycles. The molecule has 4 rings (SSSR count). The van der Waals surface area contributed by atoms with Crippen LogP contribution in [-0.4, -0.2) is 23.0 Å². The normalized spacial score (nSPS) is 17.8. The third kappa shape index (κ3) is 3.23. The lowest BCUT2D eigenvalue weighted by atomic mass is 9.86. The molecule has 2 aromatic carbocycles. The molecular formula is C22H21N3O. The van der Waals surface area contributed by atoms with E-state index in [1.54, 1.807) is 7.11 Å². The molecule has 0 fully saturated rings. The van der Waals surface area contributed by atoms with Gasteiger partial charge in [-0.25, -0.2) is 0 Å². The minimum absolute atomic E-state index is 0.502. The van der Waals surface area contributed by atoms with Gasteiger partial charge in [-0.05, 0) is 36.0 Å². The van der Waals surface area contributed by atoms with Crippen molar-refractivity contribution >= 4 is 5.71 Å². The van der Waals surface area contributed by atoms with E-state index in [2.05, 4.69) is 76.9 Å². The standard InChI is InChI=1S/C22H21N3O/c1-15-12-21-19(22(13-15)25-26-2)14-20(23-24-21)18-10-8-17(9-11-18)16-6-4-3-5-7-16/h3-11,14-15H,12-13H2,1-2H3/b25-22-/t15-/m0/s1. The molecule has 130 valence electrons. The monoisotopic (exact) mass is 343 g/mol. The van der Waals surface area contributed by atoms with Gasteiger partial charge in [0.05, 0.1) is 17.1 Å². The van der Waals surface area contributed by atoms with Crippen molar-refractivity contribution in [3.8, 4) is 22.4 Å². The molecule has 0 saturated heterocycles. The topological polar surface area (TPSA) is 47.4 Å². The Morgan fingerprint density at radius 2 is 1.58 bits per heavy atom.